The summed E-state index contributed by atoms with van der Waals surface area (Å²) in [5.74, 6) is 1.08. The summed E-state index contributed by atoms with van der Waals surface area (Å²) < 4.78 is 12.9. The minimum Gasteiger partial charge on any atom is -0.456 e. The van der Waals surface area contributed by atoms with Gasteiger partial charge in [-0.3, -0.25) is 0 Å². The molecule has 0 amide bonds. The number of hydrogen-bond acceptors (Lipinski definition) is 5. The molecule has 4 aromatic rings. The van der Waals surface area contributed by atoms with E-state index in [0.717, 1.165) is 78.1 Å². The summed E-state index contributed by atoms with van der Waals surface area (Å²) in [6.45, 7) is 8.49. The third kappa shape index (κ3) is 4.21. The van der Waals surface area contributed by atoms with Gasteiger partial charge in [-0.1, -0.05) is 81.3 Å². The fourth-order valence-corrected chi connectivity index (χ4v) is 6.06. The zero-order valence-corrected chi connectivity index (χ0v) is 23.5. The van der Waals surface area contributed by atoms with Crippen molar-refractivity contribution in [2.45, 2.75) is 52.1 Å². The van der Waals surface area contributed by atoms with Gasteiger partial charge in [-0.25, -0.2) is 4.79 Å². The number of anilines is 3. The summed E-state index contributed by atoms with van der Waals surface area (Å²) in [7, 11) is 0. The maximum Gasteiger partial charge on any atom is 0.342 e. The van der Waals surface area contributed by atoms with Crippen LogP contribution in [0.1, 0.15) is 72.1 Å². The Morgan fingerprint density at radius 1 is 0.775 bits per heavy atom. The number of hydrogen-bond donors (Lipinski definition) is 1. The topological polar surface area (TPSA) is 50.8 Å². The van der Waals surface area contributed by atoms with Crippen LogP contribution in [0.3, 0.4) is 0 Å². The Balaban J connectivity index is 1.65. The van der Waals surface area contributed by atoms with Gasteiger partial charge in [0.1, 0.15) is 11.5 Å². The Kier molecular flexibility index (Phi) is 6.97. The van der Waals surface area contributed by atoms with Gasteiger partial charge in [0.2, 0.25) is 0 Å². The highest BCUT2D eigenvalue weighted by Crippen LogP contribution is 2.58. The Bertz CT molecular complexity index is 1490. The molecule has 0 saturated carbocycles. The van der Waals surface area contributed by atoms with Crippen LogP contribution in [0.25, 0.3) is 0 Å². The molecule has 2 heterocycles. The van der Waals surface area contributed by atoms with E-state index in [4.69, 9.17) is 9.47 Å². The molecule has 4 aromatic carbocycles. The number of fused-ring (bicyclic) bond motifs is 6. The van der Waals surface area contributed by atoms with E-state index in [2.05, 4.69) is 37.1 Å². The average molecular weight is 533 g/mol. The minimum absolute atomic E-state index is 0.330. The molecular formula is C35H36N2O3. The van der Waals surface area contributed by atoms with Crippen LogP contribution in [-0.4, -0.2) is 19.1 Å². The number of carbonyl (C=O) groups excluding carboxylic acids is 1. The zero-order chi connectivity index (χ0) is 27.7. The normalized spacial score (nSPS) is 14.1. The maximum atomic E-state index is 14.0. The number of benzene rings is 4. The van der Waals surface area contributed by atoms with Crippen LogP contribution in [0.4, 0.5) is 17.1 Å². The summed E-state index contributed by atoms with van der Waals surface area (Å²) in [6.07, 6.45) is 4.43. The molecule has 5 nitrogen and oxygen atoms in total. The number of rotatable bonds is 9. The fraction of sp³-hybridized carbons (Fsp3) is 0.286. The van der Waals surface area contributed by atoms with Crippen molar-refractivity contribution in [2.24, 2.45) is 0 Å². The van der Waals surface area contributed by atoms with Gasteiger partial charge in [-0.05, 0) is 55.7 Å². The highest BCUT2D eigenvalue weighted by Gasteiger charge is 2.54. The fourth-order valence-electron chi connectivity index (χ4n) is 6.06. The molecule has 6 rings (SSSR count). The smallest absolute Gasteiger partial charge is 0.342 e. The highest BCUT2D eigenvalue weighted by atomic mass is 16.6. The summed E-state index contributed by atoms with van der Waals surface area (Å²) in [5, 5.41) is 3.62. The first-order valence-corrected chi connectivity index (χ1v) is 14.4. The molecule has 2 aliphatic heterocycles. The Morgan fingerprint density at radius 3 is 1.95 bits per heavy atom. The number of nitrogens with zero attached hydrogens (tertiary/aromatic N) is 1. The molecule has 0 fully saturated rings. The van der Waals surface area contributed by atoms with Crippen LogP contribution in [0.15, 0.2) is 84.9 Å². The molecule has 0 atom stereocenters. The number of nitrogens with one attached hydrogen (secondary N) is 1. The average Bonchev–Trinajstić information content (AvgIpc) is 3.27. The van der Waals surface area contributed by atoms with E-state index in [1.807, 2.05) is 78.9 Å². The first kappa shape index (κ1) is 26.0. The summed E-state index contributed by atoms with van der Waals surface area (Å²) in [4.78, 5) is 16.5. The SMILES string of the molecule is CCCCN(CCCC)c1cc2c(c(Nc3ccccc3)c1C)C(=O)OC21c2ccccc2Oc2ccccc21. The van der Waals surface area contributed by atoms with E-state index in [1.54, 1.807) is 0 Å². The molecule has 0 bridgehead atoms. The second-order valence-corrected chi connectivity index (χ2v) is 10.7. The second-order valence-electron chi connectivity index (χ2n) is 10.7. The van der Waals surface area contributed by atoms with Crippen molar-refractivity contribution in [1.82, 2.24) is 0 Å². The third-order valence-corrected chi connectivity index (χ3v) is 8.09. The molecule has 5 heteroatoms. The van der Waals surface area contributed by atoms with E-state index in [1.165, 1.54) is 0 Å². The molecule has 1 N–H and O–H groups in total. The summed E-state index contributed by atoms with van der Waals surface area (Å²) >= 11 is 0. The molecule has 2 aliphatic rings. The number of para-hydroxylation sites is 3. The number of esters is 1. The number of unbranched alkanes of at least 4 members (excludes halogenated alkanes) is 2. The lowest BCUT2D eigenvalue weighted by atomic mass is 9.77. The van der Waals surface area contributed by atoms with E-state index >= 15 is 0 Å². The van der Waals surface area contributed by atoms with Crippen molar-refractivity contribution in [2.75, 3.05) is 23.3 Å². The summed E-state index contributed by atoms with van der Waals surface area (Å²) in [5.41, 5.74) is 5.95. The van der Waals surface area contributed by atoms with Crippen molar-refractivity contribution in [3.05, 3.63) is 113 Å². The molecule has 1 spiro atoms. The Labute approximate surface area is 236 Å². The van der Waals surface area contributed by atoms with Crippen LogP contribution in [0.5, 0.6) is 11.5 Å². The van der Waals surface area contributed by atoms with Crippen LogP contribution in [0.2, 0.25) is 0 Å². The van der Waals surface area contributed by atoms with Crippen molar-refractivity contribution in [3.8, 4) is 11.5 Å². The van der Waals surface area contributed by atoms with Crippen molar-refractivity contribution in [1.29, 1.82) is 0 Å². The molecule has 40 heavy (non-hydrogen) atoms. The van der Waals surface area contributed by atoms with E-state index in [0.29, 0.717) is 17.1 Å². The van der Waals surface area contributed by atoms with Crippen LogP contribution in [0, 0.1) is 6.92 Å². The largest absolute Gasteiger partial charge is 0.456 e. The highest BCUT2D eigenvalue weighted by molar-refractivity contribution is 6.05. The van der Waals surface area contributed by atoms with Gasteiger partial charge in [0.05, 0.1) is 11.3 Å². The van der Waals surface area contributed by atoms with Gasteiger partial charge in [-0.2, -0.15) is 0 Å². The monoisotopic (exact) mass is 532 g/mol. The number of carbonyl (C=O) groups is 1. The van der Waals surface area contributed by atoms with Crippen molar-refractivity contribution >= 4 is 23.0 Å². The molecular weight excluding hydrogens is 496 g/mol. The van der Waals surface area contributed by atoms with Gasteiger partial charge in [0.25, 0.3) is 0 Å². The van der Waals surface area contributed by atoms with E-state index in [9.17, 15) is 4.79 Å². The lowest BCUT2D eigenvalue weighted by Crippen LogP contribution is -2.33. The minimum atomic E-state index is -1.10. The van der Waals surface area contributed by atoms with Crippen LogP contribution < -0.4 is 15.0 Å². The predicted molar refractivity (Wildman–Crippen MR) is 161 cm³/mol. The van der Waals surface area contributed by atoms with Crippen molar-refractivity contribution < 1.29 is 14.3 Å². The third-order valence-electron chi connectivity index (χ3n) is 8.09. The molecule has 204 valence electrons. The molecule has 0 radical (unpaired) electrons. The Hall–Kier alpha value is -4.25. The van der Waals surface area contributed by atoms with E-state index in [-0.39, 0.29) is 5.97 Å². The van der Waals surface area contributed by atoms with E-state index < -0.39 is 5.60 Å². The van der Waals surface area contributed by atoms with Crippen LogP contribution in [-0.2, 0) is 10.3 Å². The van der Waals surface area contributed by atoms with Crippen molar-refractivity contribution in [3.63, 3.8) is 0 Å². The van der Waals surface area contributed by atoms with Gasteiger partial charge >= 0.3 is 5.97 Å². The summed E-state index contributed by atoms with van der Waals surface area (Å²) in [6, 6.07) is 28.1. The lowest BCUT2D eigenvalue weighted by molar-refractivity contribution is 0.0225. The molecule has 0 aromatic heterocycles. The van der Waals surface area contributed by atoms with Gasteiger partial charge in [0.15, 0.2) is 5.60 Å². The molecule has 0 unspecified atom stereocenters. The first-order chi connectivity index (χ1) is 19.6. The maximum absolute atomic E-state index is 14.0. The first-order valence-electron chi connectivity index (χ1n) is 14.4. The van der Waals surface area contributed by atoms with Gasteiger partial charge in [0, 0.05) is 41.2 Å². The van der Waals surface area contributed by atoms with Gasteiger partial charge < -0.3 is 19.7 Å². The van der Waals surface area contributed by atoms with Gasteiger partial charge in [-0.15, -0.1) is 0 Å². The second kappa shape index (κ2) is 10.7. The zero-order valence-electron chi connectivity index (χ0n) is 23.5. The molecule has 0 aliphatic carbocycles. The Morgan fingerprint density at radius 2 is 1.35 bits per heavy atom. The predicted octanol–water partition coefficient (Wildman–Crippen LogP) is 8.71. The number of ether oxygens (including phenoxy) is 2. The van der Waals surface area contributed by atoms with Crippen LogP contribution >= 0.6 is 0 Å². The molecule has 0 saturated heterocycles. The lowest BCUT2D eigenvalue weighted by Gasteiger charge is -2.37. The standard InChI is InChI=1S/C35H36N2O3/c1-4-6-21-37(22-7-5-2)29-23-28-32(33(24(29)3)36-25-15-9-8-10-16-25)34(38)40-35(28)26-17-11-13-19-30(26)39-31-20-14-12-18-27(31)35/h8-20,23,36H,4-7,21-22H2,1-3H3. The quantitative estimate of drug-likeness (QED) is 0.219.